The zero-order valence-electron chi connectivity index (χ0n) is 12.3. The van der Waals surface area contributed by atoms with Gasteiger partial charge in [0.2, 0.25) is 0 Å². The van der Waals surface area contributed by atoms with Crippen LogP contribution in [0.4, 0.5) is 0 Å². The van der Waals surface area contributed by atoms with Crippen molar-refractivity contribution in [2.24, 2.45) is 0 Å². The Morgan fingerprint density at radius 3 is 2.95 bits per heavy atom. The molecule has 1 N–H and O–H groups in total. The van der Waals surface area contributed by atoms with Crippen molar-refractivity contribution in [3.63, 3.8) is 0 Å². The van der Waals surface area contributed by atoms with Gasteiger partial charge >= 0.3 is 0 Å². The minimum Gasteiger partial charge on any atom is -0.335 e. The Morgan fingerprint density at radius 2 is 2.20 bits per heavy atom. The Kier molecular flexibility index (Phi) is 3.88. The number of aromatic nitrogens is 2. The highest BCUT2D eigenvalue weighted by Crippen LogP contribution is 2.38. The Hall–Kier alpha value is -1.61. The molecular formula is C17H23N3. The summed E-state index contributed by atoms with van der Waals surface area (Å²) in [5.74, 6) is 1.83. The lowest BCUT2D eigenvalue weighted by Crippen LogP contribution is -2.42. The number of hydrogen-bond donors (Lipinski definition) is 1. The van der Waals surface area contributed by atoms with Crippen LogP contribution < -0.4 is 5.32 Å². The van der Waals surface area contributed by atoms with Gasteiger partial charge in [-0.15, -0.1) is 0 Å². The maximum Gasteiger partial charge on any atom is 0.110 e. The largest absolute Gasteiger partial charge is 0.335 e. The number of fused-ring (bicyclic) bond motifs is 1. The van der Waals surface area contributed by atoms with E-state index < -0.39 is 0 Å². The first-order valence-corrected chi connectivity index (χ1v) is 7.64. The summed E-state index contributed by atoms with van der Waals surface area (Å²) >= 11 is 0. The van der Waals surface area contributed by atoms with Crippen LogP contribution in [0.1, 0.15) is 36.7 Å². The average Bonchev–Trinajstić information content (AvgIpc) is 2.87. The van der Waals surface area contributed by atoms with E-state index in [0.717, 1.165) is 19.5 Å². The fraction of sp³-hybridized carbons (Fsp3) is 0.471. The zero-order valence-corrected chi connectivity index (χ0v) is 12.3. The van der Waals surface area contributed by atoms with Crippen LogP contribution in [0.2, 0.25) is 0 Å². The molecule has 0 aliphatic heterocycles. The molecule has 1 aromatic heterocycles. The molecule has 3 nitrogen and oxygen atoms in total. The third-order valence-electron chi connectivity index (χ3n) is 4.39. The second kappa shape index (κ2) is 5.80. The van der Waals surface area contributed by atoms with Crippen molar-refractivity contribution in [2.45, 2.75) is 45.2 Å². The molecule has 0 bridgehead atoms. The first kappa shape index (κ1) is 13.4. The molecule has 0 fully saturated rings. The van der Waals surface area contributed by atoms with Crippen LogP contribution in [-0.2, 0) is 19.4 Å². The molecule has 0 radical (unpaired) electrons. The number of benzene rings is 1. The van der Waals surface area contributed by atoms with Crippen molar-refractivity contribution in [2.75, 3.05) is 6.54 Å². The van der Waals surface area contributed by atoms with Gasteiger partial charge in [-0.25, -0.2) is 4.98 Å². The molecule has 3 rings (SSSR count). The van der Waals surface area contributed by atoms with Crippen LogP contribution >= 0.6 is 0 Å². The first-order valence-electron chi connectivity index (χ1n) is 7.64. The molecule has 106 valence electrons. The number of rotatable bonds is 6. The molecule has 0 saturated carbocycles. The fourth-order valence-electron chi connectivity index (χ4n) is 3.29. The molecule has 2 aromatic rings. The SMILES string of the molecule is CCNC(Cc1nccn1CC)C1Cc2ccccc21. The fourth-order valence-corrected chi connectivity index (χ4v) is 3.29. The number of likely N-dealkylation sites (N-methyl/N-ethyl adjacent to an activating group) is 1. The first-order chi connectivity index (χ1) is 9.83. The normalized spacial score (nSPS) is 18.4. The third-order valence-corrected chi connectivity index (χ3v) is 4.39. The molecule has 1 aromatic carbocycles. The molecule has 1 aliphatic rings. The topological polar surface area (TPSA) is 29.9 Å². The summed E-state index contributed by atoms with van der Waals surface area (Å²) in [6, 6.07) is 9.31. The van der Waals surface area contributed by atoms with Gasteiger partial charge in [-0.3, -0.25) is 0 Å². The van der Waals surface area contributed by atoms with Crippen molar-refractivity contribution in [3.05, 3.63) is 53.6 Å². The molecule has 0 amide bonds. The lowest BCUT2D eigenvalue weighted by molar-refractivity contribution is 0.394. The van der Waals surface area contributed by atoms with Gasteiger partial charge in [0.05, 0.1) is 0 Å². The molecule has 0 spiro atoms. The van der Waals surface area contributed by atoms with E-state index in [1.807, 2.05) is 6.20 Å². The van der Waals surface area contributed by atoms with E-state index in [0.29, 0.717) is 12.0 Å². The summed E-state index contributed by atoms with van der Waals surface area (Å²) in [5.41, 5.74) is 3.03. The maximum absolute atomic E-state index is 4.53. The molecule has 1 heterocycles. The van der Waals surface area contributed by atoms with Crippen molar-refractivity contribution in [1.82, 2.24) is 14.9 Å². The van der Waals surface area contributed by atoms with Crippen molar-refractivity contribution in [3.8, 4) is 0 Å². The number of hydrogen-bond acceptors (Lipinski definition) is 2. The van der Waals surface area contributed by atoms with Gasteiger partial charge in [-0.05, 0) is 31.0 Å². The van der Waals surface area contributed by atoms with E-state index in [2.05, 4.69) is 59.2 Å². The van der Waals surface area contributed by atoms with Crippen molar-refractivity contribution in [1.29, 1.82) is 0 Å². The highest BCUT2D eigenvalue weighted by Gasteiger charge is 2.32. The standard InChI is InChI=1S/C17H23N3/c1-3-18-16(12-17-19-9-10-20(17)4-2)15-11-13-7-5-6-8-14(13)15/h5-10,15-16,18H,3-4,11-12H2,1-2H3. The Labute approximate surface area is 121 Å². The molecule has 20 heavy (non-hydrogen) atoms. The van der Waals surface area contributed by atoms with Gasteiger partial charge in [0.25, 0.3) is 0 Å². The maximum atomic E-state index is 4.53. The highest BCUT2D eigenvalue weighted by atomic mass is 15.1. The van der Waals surface area contributed by atoms with Crippen LogP contribution in [0.25, 0.3) is 0 Å². The lowest BCUT2D eigenvalue weighted by atomic mass is 9.72. The van der Waals surface area contributed by atoms with E-state index in [1.54, 1.807) is 0 Å². The summed E-state index contributed by atoms with van der Waals surface area (Å²) in [6.07, 6.45) is 6.19. The predicted molar refractivity (Wildman–Crippen MR) is 82.0 cm³/mol. The number of aryl methyl sites for hydroxylation is 1. The van der Waals surface area contributed by atoms with E-state index in [9.17, 15) is 0 Å². The number of nitrogens with zero attached hydrogens (tertiary/aromatic N) is 2. The van der Waals surface area contributed by atoms with Crippen molar-refractivity contribution >= 4 is 0 Å². The van der Waals surface area contributed by atoms with Crippen LogP contribution in [0.5, 0.6) is 0 Å². The molecule has 2 unspecified atom stereocenters. The summed E-state index contributed by atoms with van der Waals surface area (Å²) in [7, 11) is 0. The van der Waals surface area contributed by atoms with Gasteiger partial charge in [0.1, 0.15) is 5.82 Å². The Balaban J connectivity index is 1.77. The second-order valence-electron chi connectivity index (χ2n) is 5.51. The lowest BCUT2D eigenvalue weighted by Gasteiger charge is -2.37. The van der Waals surface area contributed by atoms with Gasteiger partial charge < -0.3 is 9.88 Å². The molecular weight excluding hydrogens is 246 g/mol. The minimum absolute atomic E-state index is 0.489. The van der Waals surface area contributed by atoms with Gasteiger partial charge in [-0.2, -0.15) is 0 Å². The van der Waals surface area contributed by atoms with Gasteiger partial charge in [0, 0.05) is 37.3 Å². The Morgan fingerprint density at radius 1 is 1.35 bits per heavy atom. The third kappa shape index (κ3) is 2.38. The average molecular weight is 269 g/mol. The summed E-state index contributed by atoms with van der Waals surface area (Å²) < 4.78 is 2.24. The van der Waals surface area contributed by atoms with E-state index in [-0.39, 0.29) is 0 Å². The minimum atomic E-state index is 0.489. The van der Waals surface area contributed by atoms with Crippen LogP contribution in [0.3, 0.4) is 0 Å². The number of nitrogens with one attached hydrogen (secondary N) is 1. The monoisotopic (exact) mass is 269 g/mol. The van der Waals surface area contributed by atoms with Gasteiger partial charge in [0.15, 0.2) is 0 Å². The summed E-state index contributed by atoms with van der Waals surface area (Å²) in [4.78, 5) is 4.53. The smallest absolute Gasteiger partial charge is 0.110 e. The molecule has 1 aliphatic carbocycles. The molecule has 0 saturated heterocycles. The van der Waals surface area contributed by atoms with E-state index in [4.69, 9.17) is 0 Å². The van der Waals surface area contributed by atoms with Crippen LogP contribution in [-0.4, -0.2) is 22.1 Å². The highest BCUT2D eigenvalue weighted by molar-refractivity contribution is 5.41. The number of imidazole rings is 1. The van der Waals surface area contributed by atoms with Crippen LogP contribution in [0, 0.1) is 0 Å². The van der Waals surface area contributed by atoms with E-state index in [1.165, 1.54) is 23.4 Å². The molecule has 3 heteroatoms. The van der Waals surface area contributed by atoms with E-state index >= 15 is 0 Å². The second-order valence-corrected chi connectivity index (χ2v) is 5.51. The van der Waals surface area contributed by atoms with Crippen LogP contribution in [0.15, 0.2) is 36.7 Å². The Bertz CT molecular complexity index is 573. The quantitative estimate of drug-likeness (QED) is 0.874. The zero-order chi connectivity index (χ0) is 13.9. The molecule has 2 atom stereocenters. The van der Waals surface area contributed by atoms with Gasteiger partial charge in [-0.1, -0.05) is 31.2 Å². The summed E-state index contributed by atoms with van der Waals surface area (Å²) in [6.45, 7) is 6.36. The van der Waals surface area contributed by atoms with Crippen molar-refractivity contribution < 1.29 is 0 Å². The predicted octanol–water partition coefficient (Wildman–Crippen LogP) is 2.76. The summed E-state index contributed by atoms with van der Waals surface area (Å²) in [5, 5.41) is 3.66.